The molecule has 0 spiro atoms. The van der Waals surface area contributed by atoms with Gasteiger partial charge >= 0.3 is 0 Å². The van der Waals surface area contributed by atoms with E-state index >= 15 is 14.4 Å². The molecule has 20 N–H and O–H groups in total. The Morgan fingerprint density at radius 3 is 1.29 bits per heavy atom. The Hall–Kier alpha value is -8.09. The molecule has 0 saturated heterocycles. The van der Waals surface area contributed by atoms with Crippen LogP contribution in [0.5, 0.6) is 0 Å². The Morgan fingerprint density at radius 1 is 0.453 bits per heavy atom. The topological polar surface area (TPSA) is 379 Å². The SMILES string of the molecule is NCCCC[C@@H](N)C(=O)N[C@H](CCCCN)C(=O)N[C@H](Cc1c[nH]c2ccccc12)C(=O)NCC(Cc1ccc(F)cc1)(Cc1ccc(F)cc1)C(=O)N[C@@H](Cc1c[nH]c2ccccc12)C(=O)N[C@@H](CCCCN)C(=O)N[C@@H](CCCCN)C(N)=O. The molecule has 2 heterocycles. The van der Waals surface area contributed by atoms with E-state index in [-0.39, 0.29) is 44.9 Å². The van der Waals surface area contributed by atoms with Crippen LogP contribution in [0.4, 0.5) is 8.78 Å². The number of amides is 7. The molecule has 23 heteroatoms. The lowest BCUT2D eigenvalue weighted by Crippen LogP contribution is -2.60. The molecule has 6 atom stereocenters. The molecule has 6 aromatic rings. The zero-order chi connectivity index (χ0) is 62.0. The van der Waals surface area contributed by atoms with Crippen molar-refractivity contribution in [2.24, 2.45) is 39.8 Å². The zero-order valence-corrected chi connectivity index (χ0v) is 48.8. The lowest BCUT2D eigenvalue weighted by molar-refractivity contribution is -0.137. The minimum absolute atomic E-state index is 0.0699. The highest BCUT2D eigenvalue weighted by molar-refractivity contribution is 5.97. The molecule has 0 aliphatic heterocycles. The summed E-state index contributed by atoms with van der Waals surface area (Å²) in [5, 5.41) is 18.8. The summed E-state index contributed by atoms with van der Waals surface area (Å²) in [4.78, 5) is 108. The van der Waals surface area contributed by atoms with Gasteiger partial charge in [0.25, 0.3) is 0 Å². The number of unbranched alkanes of at least 4 members (excludes halogenated alkanes) is 4. The monoisotopic (exact) mass is 1190 g/mol. The Kier molecular flexibility index (Phi) is 26.6. The van der Waals surface area contributed by atoms with Gasteiger partial charge in [0.15, 0.2) is 0 Å². The highest BCUT2D eigenvalue weighted by Gasteiger charge is 2.43. The summed E-state index contributed by atoms with van der Waals surface area (Å²) in [5.41, 5.74) is 37.0. The molecule has 21 nitrogen and oxygen atoms in total. The van der Waals surface area contributed by atoms with E-state index in [1.807, 2.05) is 48.5 Å². The normalized spacial score (nSPS) is 13.7. The first-order valence-electron chi connectivity index (χ1n) is 29.7. The zero-order valence-electron chi connectivity index (χ0n) is 48.8. The van der Waals surface area contributed by atoms with Gasteiger partial charge in [-0.05, 0) is 168 Å². The summed E-state index contributed by atoms with van der Waals surface area (Å²) in [6.07, 6.45) is 7.84. The second-order valence-electron chi connectivity index (χ2n) is 22.1. The van der Waals surface area contributed by atoms with Gasteiger partial charge < -0.3 is 76.3 Å². The third kappa shape index (κ3) is 20.0. The number of para-hydroxylation sites is 2. The fourth-order valence-corrected chi connectivity index (χ4v) is 10.6. The van der Waals surface area contributed by atoms with Crippen molar-refractivity contribution in [2.75, 3.05) is 32.7 Å². The fourth-order valence-electron chi connectivity index (χ4n) is 10.6. The molecule has 2 aromatic heterocycles. The molecular formula is C63H86F2N14O7. The van der Waals surface area contributed by atoms with Crippen LogP contribution in [0.1, 0.15) is 99.3 Å². The van der Waals surface area contributed by atoms with E-state index in [1.165, 1.54) is 48.5 Å². The second kappa shape index (κ2) is 34.2. The van der Waals surface area contributed by atoms with Crippen molar-refractivity contribution in [1.82, 2.24) is 41.9 Å². The summed E-state index contributed by atoms with van der Waals surface area (Å²) in [6.45, 7) is 0.918. The highest BCUT2D eigenvalue weighted by Crippen LogP contribution is 2.31. The number of hydrogen-bond donors (Lipinski definition) is 14. The van der Waals surface area contributed by atoms with Gasteiger partial charge in [-0.2, -0.15) is 0 Å². The van der Waals surface area contributed by atoms with Crippen molar-refractivity contribution in [3.05, 3.63) is 143 Å². The number of carbonyl (C=O) groups is 7. The predicted molar refractivity (Wildman–Crippen MR) is 328 cm³/mol. The number of hydrogen-bond acceptors (Lipinski definition) is 12. The summed E-state index contributed by atoms with van der Waals surface area (Å²) in [6, 6.07) is 18.4. The number of rotatable bonds is 38. The smallest absolute Gasteiger partial charge is 0.243 e. The van der Waals surface area contributed by atoms with Gasteiger partial charge in [-0.3, -0.25) is 33.6 Å². The number of primary amides is 1. The van der Waals surface area contributed by atoms with Gasteiger partial charge in [-0.1, -0.05) is 67.1 Å². The molecule has 0 unspecified atom stereocenters. The van der Waals surface area contributed by atoms with E-state index in [4.69, 9.17) is 34.4 Å². The molecule has 0 fully saturated rings. The highest BCUT2D eigenvalue weighted by atomic mass is 19.1. The number of carbonyl (C=O) groups excluding carboxylic acids is 7. The number of nitrogens with two attached hydrogens (primary N) is 6. The lowest BCUT2D eigenvalue weighted by atomic mass is 9.75. The molecular weight excluding hydrogens is 1100 g/mol. The number of fused-ring (bicyclic) bond motifs is 2. The Balaban J connectivity index is 1.42. The molecule has 464 valence electrons. The summed E-state index contributed by atoms with van der Waals surface area (Å²) >= 11 is 0. The van der Waals surface area contributed by atoms with E-state index in [9.17, 15) is 28.0 Å². The molecule has 7 amide bonds. The molecule has 0 bridgehead atoms. The first-order valence-corrected chi connectivity index (χ1v) is 29.7. The van der Waals surface area contributed by atoms with Gasteiger partial charge in [0.2, 0.25) is 41.4 Å². The van der Waals surface area contributed by atoms with Crippen LogP contribution in [0.3, 0.4) is 0 Å². The van der Waals surface area contributed by atoms with Crippen molar-refractivity contribution in [3.8, 4) is 0 Å². The predicted octanol–water partition coefficient (Wildman–Crippen LogP) is 3.05. The van der Waals surface area contributed by atoms with Crippen LogP contribution in [-0.2, 0) is 59.2 Å². The van der Waals surface area contributed by atoms with Crippen LogP contribution in [-0.4, -0.2) is 120 Å². The summed E-state index contributed by atoms with van der Waals surface area (Å²) < 4.78 is 29.4. The number of halogens is 2. The lowest BCUT2D eigenvalue weighted by Gasteiger charge is -2.35. The Labute approximate surface area is 500 Å². The molecule has 6 rings (SSSR count). The van der Waals surface area contributed by atoms with Gasteiger partial charge in [-0.15, -0.1) is 0 Å². The van der Waals surface area contributed by atoms with Crippen LogP contribution in [0.2, 0.25) is 0 Å². The van der Waals surface area contributed by atoms with E-state index in [0.29, 0.717) is 106 Å². The Morgan fingerprint density at radius 2 is 0.837 bits per heavy atom. The van der Waals surface area contributed by atoms with E-state index in [0.717, 1.165) is 21.8 Å². The largest absolute Gasteiger partial charge is 0.368 e. The van der Waals surface area contributed by atoms with Crippen molar-refractivity contribution >= 4 is 63.2 Å². The molecule has 0 aliphatic carbocycles. The quantitative estimate of drug-likeness (QED) is 0.0249. The first-order chi connectivity index (χ1) is 41.5. The maximum absolute atomic E-state index is 16.0. The van der Waals surface area contributed by atoms with Gasteiger partial charge in [0, 0.05) is 53.6 Å². The maximum atomic E-state index is 16.0. The Bertz CT molecular complexity index is 3110. The third-order valence-electron chi connectivity index (χ3n) is 15.5. The first kappa shape index (κ1) is 67.0. The van der Waals surface area contributed by atoms with Gasteiger partial charge in [-0.25, -0.2) is 8.78 Å². The van der Waals surface area contributed by atoms with Crippen LogP contribution in [0.15, 0.2) is 109 Å². The van der Waals surface area contributed by atoms with E-state index in [1.54, 1.807) is 12.4 Å². The van der Waals surface area contributed by atoms with Crippen LogP contribution >= 0.6 is 0 Å². The average Bonchev–Trinajstić information content (AvgIpc) is 2.12. The molecule has 0 saturated carbocycles. The van der Waals surface area contributed by atoms with E-state index < -0.39 is 101 Å². The molecule has 4 aromatic carbocycles. The summed E-state index contributed by atoms with van der Waals surface area (Å²) in [7, 11) is 0. The fraction of sp³-hybridized carbons (Fsp3) is 0.444. The number of aromatic nitrogens is 2. The third-order valence-corrected chi connectivity index (χ3v) is 15.5. The van der Waals surface area contributed by atoms with Crippen molar-refractivity contribution in [2.45, 2.75) is 139 Å². The van der Waals surface area contributed by atoms with Gasteiger partial charge in [0.05, 0.1) is 11.5 Å². The number of H-pyrrole nitrogens is 2. The molecule has 0 aliphatic rings. The van der Waals surface area contributed by atoms with Crippen molar-refractivity contribution in [3.63, 3.8) is 0 Å². The van der Waals surface area contributed by atoms with Gasteiger partial charge in [0.1, 0.15) is 41.8 Å². The number of aromatic amines is 2. The van der Waals surface area contributed by atoms with Crippen LogP contribution in [0.25, 0.3) is 21.8 Å². The van der Waals surface area contributed by atoms with E-state index in [2.05, 4.69) is 41.9 Å². The minimum Gasteiger partial charge on any atom is -0.368 e. The number of benzene rings is 4. The second-order valence-corrected chi connectivity index (χ2v) is 22.1. The standard InChI is InChI=1S/C63H86F2N14O7/c64-44-25-21-40(22-26-44)35-63(36-41-23-27-45(65)28-24-41,39-74-58(82)54(33-42-37-72-49-16-3-1-13-46(42)49)78-60(84)52(19-7-11-31-68)76-57(81)48(70)15-5-9-29-66)62(86)79-55(34-43-38-73-50-17-4-2-14-47(43)50)61(85)77-53(20-8-12-32-69)59(83)75-51(56(71)80)18-6-10-30-67/h1-4,13-14,16-17,21-28,37-38,48,51-55,72-73H,5-12,15,18-20,29-36,39,66-70H2,(H2,71,80)(H,74,82)(H,75,83)(H,76,81)(H,77,85)(H,78,84)(H,79,86)/t48-,51+,52-,53+,54-,55+/m1/s1. The van der Waals surface area contributed by atoms with Crippen molar-refractivity contribution < 1.29 is 42.3 Å². The maximum Gasteiger partial charge on any atom is 0.243 e. The average molecular weight is 1190 g/mol. The summed E-state index contributed by atoms with van der Waals surface area (Å²) in [5.74, 6) is -6.09. The van der Waals surface area contributed by atoms with Crippen LogP contribution in [0, 0.1) is 17.0 Å². The minimum atomic E-state index is -1.80. The van der Waals surface area contributed by atoms with Crippen LogP contribution < -0.4 is 66.3 Å². The molecule has 0 radical (unpaired) electrons. The molecule has 86 heavy (non-hydrogen) atoms. The van der Waals surface area contributed by atoms with Crippen molar-refractivity contribution in [1.29, 1.82) is 0 Å². The number of nitrogens with one attached hydrogen (secondary N) is 8.